The van der Waals surface area contributed by atoms with Crippen LogP contribution >= 0.6 is 0 Å². The molecule has 2 aromatic rings. The number of aliphatic carboxylic acids is 1. The van der Waals surface area contributed by atoms with E-state index in [0.717, 1.165) is 0 Å². The highest BCUT2D eigenvalue weighted by atomic mass is 32.2. The Morgan fingerprint density at radius 2 is 2.14 bits per heavy atom. The summed E-state index contributed by atoms with van der Waals surface area (Å²) in [5.74, 6) is -0.793. The first-order valence-corrected chi connectivity index (χ1v) is 7.59. The third-order valence-electron chi connectivity index (χ3n) is 2.45. The predicted octanol–water partition coefficient (Wildman–Crippen LogP) is 0.947. The SMILES string of the molecule is Cc1cc(CS(=O)(=O)Nc2ccc(CC(=O)O)nc2)no1. The van der Waals surface area contributed by atoms with Crippen molar-refractivity contribution in [2.45, 2.75) is 19.1 Å². The van der Waals surface area contributed by atoms with Crippen LogP contribution in [0, 0.1) is 6.92 Å². The number of rotatable bonds is 6. The molecule has 0 aliphatic heterocycles. The molecule has 0 bridgehead atoms. The van der Waals surface area contributed by atoms with Crippen LogP contribution in [0.3, 0.4) is 0 Å². The Morgan fingerprint density at radius 3 is 2.67 bits per heavy atom. The number of hydrogen-bond donors (Lipinski definition) is 2. The molecule has 2 aromatic heterocycles. The summed E-state index contributed by atoms with van der Waals surface area (Å²) >= 11 is 0. The van der Waals surface area contributed by atoms with E-state index >= 15 is 0 Å². The minimum atomic E-state index is -3.64. The molecule has 21 heavy (non-hydrogen) atoms. The number of pyridine rings is 1. The maximum absolute atomic E-state index is 11.9. The lowest BCUT2D eigenvalue weighted by Gasteiger charge is -2.06. The van der Waals surface area contributed by atoms with Crippen molar-refractivity contribution in [2.75, 3.05) is 4.72 Å². The van der Waals surface area contributed by atoms with Crippen LogP contribution in [-0.2, 0) is 27.0 Å². The molecule has 2 rings (SSSR count). The second-order valence-corrected chi connectivity index (χ2v) is 6.12. The zero-order valence-electron chi connectivity index (χ0n) is 11.1. The zero-order chi connectivity index (χ0) is 15.5. The van der Waals surface area contributed by atoms with Gasteiger partial charge >= 0.3 is 5.97 Å². The molecule has 112 valence electrons. The van der Waals surface area contributed by atoms with Crippen LogP contribution in [0.1, 0.15) is 17.1 Å². The zero-order valence-corrected chi connectivity index (χ0v) is 11.9. The fraction of sp³-hybridized carbons (Fsp3) is 0.250. The van der Waals surface area contributed by atoms with Crippen molar-refractivity contribution in [1.82, 2.24) is 10.1 Å². The molecule has 0 amide bonds. The minimum absolute atomic E-state index is 0.217. The first-order chi connectivity index (χ1) is 9.84. The van der Waals surface area contributed by atoms with Gasteiger partial charge in [-0.1, -0.05) is 5.16 Å². The van der Waals surface area contributed by atoms with E-state index in [1.165, 1.54) is 24.4 Å². The largest absolute Gasteiger partial charge is 0.481 e. The van der Waals surface area contributed by atoms with E-state index in [0.29, 0.717) is 17.1 Å². The van der Waals surface area contributed by atoms with Crippen LogP contribution in [0.25, 0.3) is 0 Å². The summed E-state index contributed by atoms with van der Waals surface area (Å²) in [6.07, 6.45) is 1.05. The van der Waals surface area contributed by atoms with Gasteiger partial charge in [-0.3, -0.25) is 14.5 Å². The highest BCUT2D eigenvalue weighted by Crippen LogP contribution is 2.12. The second-order valence-electron chi connectivity index (χ2n) is 4.40. The third kappa shape index (κ3) is 4.56. The van der Waals surface area contributed by atoms with Gasteiger partial charge in [0.05, 0.1) is 24.0 Å². The molecular formula is C12H13N3O5S. The number of hydrogen-bond acceptors (Lipinski definition) is 6. The van der Waals surface area contributed by atoms with Crippen LogP contribution in [0.5, 0.6) is 0 Å². The Balaban J connectivity index is 2.04. The van der Waals surface area contributed by atoms with Gasteiger partial charge in [0.2, 0.25) is 10.0 Å². The predicted molar refractivity (Wildman–Crippen MR) is 73.1 cm³/mol. The molecule has 0 aliphatic carbocycles. The number of anilines is 1. The van der Waals surface area contributed by atoms with Gasteiger partial charge in [0, 0.05) is 6.07 Å². The van der Waals surface area contributed by atoms with E-state index in [1.54, 1.807) is 6.92 Å². The number of aryl methyl sites for hydroxylation is 1. The summed E-state index contributed by atoms with van der Waals surface area (Å²) in [6, 6.07) is 4.44. The Bertz CT molecular complexity index is 737. The molecule has 8 nitrogen and oxygen atoms in total. The molecule has 9 heteroatoms. The lowest BCUT2D eigenvalue weighted by Crippen LogP contribution is -2.15. The average molecular weight is 311 g/mol. The fourth-order valence-corrected chi connectivity index (χ4v) is 2.72. The first-order valence-electron chi connectivity index (χ1n) is 5.93. The van der Waals surface area contributed by atoms with E-state index in [1.807, 2.05) is 0 Å². The number of sulfonamides is 1. The van der Waals surface area contributed by atoms with Crippen LogP contribution in [0.15, 0.2) is 28.9 Å². The summed E-state index contributed by atoms with van der Waals surface area (Å²) in [4.78, 5) is 14.4. The Hall–Kier alpha value is -2.42. The van der Waals surface area contributed by atoms with E-state index in [-0.39, 0.29) is 17.9 Å². The van der Waals surface area contributed by atoms with E-state index in [9.17, 15) is 13.2 Å². The fourth-order valence-electron chi connectivity index (χ4n) is 1.64. The highest BCUT2D eigenvalue weighted by Gasteiger charge is 2.15. The lowest BCUT2D eigenvalue weighted by molar-refractivity contribution is -0.136. The number of nitrogens with zero attached hydrogens (tertiary/aromatic N) is 2. The van der Waals surface area contributed by atoms with Crippen molar-refractivity contribution in [3.8, 4) is 0 Å². The molecule has 2 N–H and O–H groups in total. The topological polar surface area (TPSA) is 122 Å². The van der Waals surface area contributed by atoms with Gasteiger partial charge in [-0.05, 0) is 19.1 Å². The van der Waals surface area contributed by atoms with Crippen LogP contribution in [0.2, 0.25) is 0 Å². The maximum atomic E-state index is 11.9. The highest BCUT2D eigenvalue weighted by molar-refractivity contribution is 7.91. The molecular weight excluding hydrogens is 298 g/mol. The van der Waals surface area contributed by atoms with E-state index in [2.05, 4.69) is 14.9 Å². The van der Waals surface area contributed by atoms with Crippen molar-refractivity contribution < 1.29 is 22.8 Å². The molecule has 0 unspecified atom stereocenters. The van der Waals surface area contributed by atoms with Crippen LogP contribution in [0.4, 0.5) is 5.69 Å². The third-order valence-corrected chi connectivity index (χ3v) is 3.67. The molecule has 0 radical (unpaired) electrons. The molecule has 2 heterocycles. The maximum Gasteiger partial charge on any atom is 0.309 e. The van der Waals surface area contributed by atoms with Gasteiger partial charge in [0.15, 0.2) is 0 Å². The van der Waals surface area contributed by atoms with E-state index < -0.39 is 16.0 Å². The normalized spacial score (nSPS) is 11.3. The average Bonchev–Trinajstić information content (AvgIpc) is 2.75. The molecule has 0 aliphatic rings. The summed E-state index contributed by atoms with van der Waals surface area (Å²) < 4.78 is 31.0. The Morgan fingerprint density at radius 1 is 1.38 bits per heavy atom. The van der Waals surface area contributed by atoms with Gasteiger partial charge in [-0.25, -0.2) is 8.42 Å². The minimum Gasteiger partial charge on any atom is -0.481 e. The molecule has 0 spiro atoms. The van der Waals surface area contributed by atoms with Crippen molar-refractivity contribution >= 4 is 21.7 Å². The Kier molecular flexibility index (Phi) is 4.22. The molecule has 0 atom stereocenters. The first kappa shape index (κ1) is 15.0. The summed E-state index contributed by atoms with van der Waals surface area (Å²) in [5, 5.41) is 12.2. The number of carboxylic acids is 1. The number of nitrogens with one attached hydrogen (secondary N) is 1. The van der Waals surface area contributed by atoms with Gasteiger partial charge in [0.1, 0.15) is 17.2 Å². The number of aromatic nitrogens is 2. The molecule has 0 fully saturated rings. The van der Waals surface area contributed by atoms with Gasteiger partial charge in [-0.2, -0.15) is 0 Å². The van der Waals surface area contributed by atoms with Crippen molar-refractivity contribution in [3.63, 3.8) is 0 Å². The molecule has 0 saturated carbocycles. The van der Waals surface area contributed by atoms with Crippen molar-refractivity contribution in [1.29, 1.82) is 0 Å². The summed E-state index contributed by atoms with van der Waals surface area (Å²) in [7, 11) is -3.64. The van der Waals surface area contributed by atoms with Gasteiger partial charge < -0.3 is 9.63 Å². The molecule has 0 saturated heterocycles. The monoisotopic (exact) mass is 311 g/mol. The smallest absolute Gasteiger partial charge is 0.309 e. The quantitative estimate of drug-likeness (QED) is 0.814. The molecule has 0 aromatic carbocycles. The number of carboxylic acid groups (broad SMARTS) is 1. The lowest BCUT2D eigenvalue weighted by atomic mass is 10.3. The van der Waals surface area contributed by atoms with Crippen LogP contribution < -0.4 is 4.72 Å². The Labute approximate surface area is 120 Å². The van der Waals surface area contributed by atoms with Crippen LogP contribution in [-0.4, -0.2) is 29.6 Å². The summed E-state index contributed by atoms with van der Waals surface area (Å²) in [5.41, 5.74) is 0.900. The standard InChI is InChI=1S/C12H13N3O5S/c1-8-4-11(14-20-8)7-21(18,19)15-10-3-2-9(13-6-10)5-12(16)17/h2-4,6,15H,5,7H2,1H3,(H,16,17). The van der Waals surface area contributed by atoms with E-state index in [4.69, 9.17) is 9.63 Å². The van der Waals surface area contributed by atoms with Gasteiger partial charge in [-0.15, -0.1) is 0 Å². The second kappa shape index (κ2) is 5.92. The van der Waals surface area contributed by atoms with Crippen molar-refractivity contribution in [2.24, 2.45) is 0 Å². The summed E-state index contributed by atoms with van der Waals surface area (Å²) in [6.45, 7) is 1.67. The van der Waals surface area contributed by atoms with Gasteiger partial charge in [0.25, 0.3) is 0 Å². The van der Waals surface area contributed by atoms with Crippen molar-refractivity contribution in [3.05, 3.63) is 41.5 Å². The number of carbonyl (C=O) groups is 1.